The van der Waals surface area contributed by atoms with E-state index in [1.54, 1.807) is 0 Å². The molecule has 2 saturated carbocycles. The minimum Gasteiger partial charge on any atom is -0.103 e. The number of allylic oxidation sites excluding steroid dienone is 1. The normalized spacial score (nSPS) is 40.9. The lowest BCUT2D eigenvalue weighted by Gasteiger charge is -2.41. The smallest absolute Gasteiger partial charge is 0.0351 e. The molecule has 0 spiro atoms. The molecule has 4 atom stereocenters. The molecular weight excluding hydrogens is 180 g/mol. The standard InChI is InChI=1S/C15H26/c1-3-4-5-13-7-9-14-10-12(2)6-8-15(14)11-13/h3,12-15H,1,4-11H2,2H3. The summed E-state index contributed by atoms with van der Waals surface area (Å²) in [7, 11) is 0. The van der Waals surface area contributed by atoms with Crippen molar-refractivity contribution in [1.82, 2.24) is 0 Å². The van der Waals surface area contributed by atoms with Crippen LogP contribution in [-0.2, 0) is 0 Å². The van der Waals surface area contributed by atoms with Crippen LogP contribution in [0.3, 0.4) is 0 Å². The molecule has 2 aliphatic carbocycles. The van der Waals surface area contributed by atoms with E-state index in [-0.39, 0.29) is 0 Å². The van der Waals surface area contributed by atoms with Crippen LogP contribution in [0.15, 0.2) is 12.7 Å². The Balaban J connectivity index is 1.81. The second-order valence-corrected chi connectivity index (χ2v) is 5.98. The molecule has 0 radical (unpaired) electrons. The summed E-state index contributed by atoms with van der Waals surface area (Å²) < 4.78 is 0. The largest absolute Gasteiger partial charge is 0.103 e. The zero-order chi connectivity index (χ0) is 10.7. The van der Waals surface area contributed by atoms with Gasteiger partial charge in [-0.2, -0.15) is 0 Å². The maximum Gasteiger partial charge on any atom is -0.0351 e. The van der Waals surface area contributed by atoms with Crippen LogP contribution in [0.2, 0.25) is 0 Å². The van der Waals surface area contributed by atoms with Gasteiger partial charge in [0.25, 0.3) is 0 Å². The van der Waals surface area contributed by atoms with Crippen molar-refractivity contribution in [3.8, 4) is 0 Å². The maximum atomic E-state index is 3.84. The molecule has 2 rings (SSSR count). The Kier molecular flexibility index (Phi) is 3.88. The summed E-state index contributed by atoms with van der Waals surface area (Å²) >= 11 is 0. The summed E-state index contributed by atoms with van der Waals surface area (Å²) in [6, 6.07) is 0. The highest BCUT2D eigenvalue weighted by Gasteiger charge is 2.33. The van der Waals surface area contributed by atoms with E-state index in [1.807, 2.05) is 0 Å². The molecule has 15 heavy (non-hydrogen) atoms. The van der Waals surface area contributed by atoms with Gasteiger partial charge in [0.2, 0.25) is 0 Å². The van der Waals surface area contributed by atoms with Gasteiger partial charge < -0.3 is 0 Å². The summed E-state index contributed by atoms with van der Waals surface area (Å²) in [5.74, 6) is 4.21. The average Bonchev–Trinajstić information content (AvgIpc) is 2.26. The molecule has 0 aromatic heterocycles. The van der Waals surface area contributed by atoms with Crippen molar-refractivity contribution in [1.29, 1.82) is 0 Å². The molecule has 4 unspecified atom stereocenters. The average molecular weight is 206 g/mol. The van der Waals surface area contributed by atoms with Gasteiger partial charge in [-0.05, 0) is 62.2 Å². The molecule has 0 bridgehead atoms. The Hall–Kier alpha value is -0.260. The highest BCUT2D eigenvalue weighted by atomic mass is 14.4. The predicted octanol–water partition coefficient (Wildman–Crippen LogP) is 4.81. The third-order valence-corrected chi connectivity index (χ3v) is 4.76. The van der Waals surface area contributed by atoms with Gasteiger partial charge in [0.05, 0.1) is 0 Å². The van der Waals surface area contributed by atoms with Crippen molar-refractivity contribution >= 4 is 0 Å². The van der Waals surface area contributed by atoms with Crippen LogP contribution >= 0.6 is 0 Å². The van der Waals surface area contributed by atoms with Crippen molar-refractivity contribution in [2.75, 3.05) is 0 Å². The molecule has 2 fully saturated rings. The summed E-state index contributed by atoms with van der Waals surface area (Å²) in [5.41, 5.74) is 0. The first-order valence-electron chi connectivity index (χ1n) is 6.90. The molecule has 0 nitrogen and oxygen atoms in total. The Morgan fingerprint density at radius 3 is 2.60 bits per heavy atom. The van der Waals surface area contributed by atoms with Crippen molar-refractivity contribution in [2.24, 2.45) is 23.7 Å². The van der Waals surface area contributed by atoms with Crippen molar-refractivity contribution in [2.45, 2.75) is 58.3 Å². The Labute approximate surface area is 95.1 Å². The zero-order valence-corrected chi connectivity index (χ0v) is 10.3. The van der Waals surface area contributed by atoms with E-state index in [2.05, 4.69) is 19.6 Å². The van der Waals surface area contributed by atoms with Crippen LogP contribution in [0.4, 0.5) is 0 Å². The molecule has 0 aliphatic heterocycles. The summed E-state index contributed by atoms with van der Waals surface area (Å²) in [6.07, 6.45) is 13.8. The van der Waals surface area contributed by atoms with Gasteiger partial charge in [0.1, 0.15) is 0 Å². The highest BCUT2D eigenvalue weighted by Crippen LogP contribution is 2.45. The maximum absolute atomic E-state index is 3.84. The monoisotopic (exact) mass is 206 g/mol. The molecule has 0 N–H and O–H groups in total. The molecule has 0 heterocycles. The van der Waals surface area contributed by atoms with Gasteiger partial charge in [0.15, 0.2) is 0 Å². The number of rotatable bonds is 3. The van der Waals surface area contributed by atoms with E-state index in [0.29, 0.717) is 0 Å². The van der Waals surface area contributed by atoms with Gasteiger partial charge in [-0.15, -0.1) is 6.58 Å². The van der Waals surface area contributed by atoms with Gasteiger partial charge in [0, 0.05) is 0 Å². The van der Waals surface area contributed by atoms with Gasteiger partial charge in [-0.25, -0.2) is 0 Å². The van der Waals surface area contributed by atoms with Crippen molar-refractivity contribution < 1.29 is 0 Å². The minimum absolute atomic E-state index is 1.01. The Bertz CT molecular complexity index is 206. The quantitative estimate of drug-likeness (QED) is 0.582. The first kappa shape index (κ1) is 11.2. The van der Waals surface area contributed by atoms with E-state index in [4.69, 9.17) is 0 Å². The van der Waals surface area contributed by atoms with Crippen LogP contribution in [0, 0.1) is 23.7 Å². The summed E-state index contributed by atoms with van der Waals surface area (Å²) in [5, 5.41) is 0. The first-order chi connectivity index (χ1) is 7.29. The fourth-order valence-corrected chi connectivity index (χ4v) is 3.84. The summed E-state index contributed by atoms with van der Waals surface area (Å²) in [6.45, 7) is 6.28. The SMILES string of the molecule is C=CCCC1CCC2CC(C)CCC2C1. The lowest BCUT2D eigenvalue weighted by molar-refractivity contribution is 0.101. The van der Waals surface area contributed by atoms with Crippen LogP contribution < -0.4 is 0 Å². The molecule has 0 saturated heterocycles. The fraction of sp³-hybridized carbons (Fsp3) is 0.867. The highest BCUT2D eigenvalue weighted by molar-refractivity contribution is 4.85. The lowest BCUT2D eigenvalue weighted by Crippen LogP contribution is -2.30. The van der Waals surface area contributed by atoms with Crippen LogP contribution in [-0.4, -0.2) is 0 Å². The van der Waals surface area contributed by atoms with Crippen LogP contribution in [0.25, 0.3) is 0 Å². The minimum atomic E-state index is 1.01. The van der Waals surface area contributed by atoms with Crippen molar-refractivity contribution in [3.05, 3.63) is 12.7 Å². The van der Waals surface area contributed by atoms with Gasteiger partial charge >= 0.3 is 0 Å². The topological polar surface area (TPSA) is 0 Å². The second-order valence-electron chi connectivity index (χ2n) is 5.98. The van der Waals surface area contributed by atoms with E-state index >= 15 is 0 Å². The van der Waals surface area contributed by atoms with Crippen LogP contribution in [0.5, 0.6) is 0 Å². The molecule has 0 aromatic carbocycles. The molecule has 0 heteroatoms. The van der Waals surface area contributed by atoms with Gasteiger partial charge in [-0.1, -0.05) is 25.8 Å². The summed E-state index contributed by atoms with van der Waals surface area (Å²) in [4.78, 5) is 0. The third-order valence-electron chi connectivity index (χ3n) is 4.76. The Morgan fingerprint density at radius 2 is 1.80 bits per heavy atom. The van der Waals surface area contributed by atoms with E-state index in [0.717, 1.165) is 23.7 Å². The fourth-order valence-electron chi connectivity index (χ4n) is 3.84. The molecule has 86 valence electrons. The number of hydrogen-bond acceptors (Lipinski definition) is 0. The number of fused-ring (bicyclic) bond motifs is 1. The third kappa shape index (κ3) is 2.86. The molecule has 2 aliphatic rings. The van der Waals surface area contributed by atoms with E-state index < -0.39 is 0 Å². The Morgan fingerprint density at radius 1 is 1.07 bits per heavy atom. The molecule has 0 amide bonds. The molecule has 0 aromatic rings. The zero-order valence-electron chi connectivity index (χ0n) is 10.3. The molecular formula is C15H26. The van der Waals surface area contributed by atoms with Crippen LogP contribution in [0.1, 0.15) is 58.3 Å². The first-order valence-corrected chi connectivity index (χ1v) is 6.90. The van der Waals surface area contributed by atoms with Gasteiger partial charge in [-0.3, -0.25) is 0 Å². The second kappa shape index (κ2) is 5.18. The predicted molar refractivity (Wildman–Crippen MR) is 66.8 cm³/mol. The van der Waals surface area contributed by atoms with E-state index in [1.165, 1.54) is 51.4 Å². The van der Waals surface area contributed by atoms with E-state index in [9.17, 15) is 0 Å². The number of hydrogen-bond donors (Lipinski definition) is 0. The van der Waals surface area contributed by atoms with Crippen molar-refractivity contribution in [3.63, 3.8) is 0 Å². The lowest BCUT2D eigenvalue weighted by atomic mass is 9.64.